The number of alkyl halides is 1. The third kappa shape index (κ3) is 2.71. The van der Waals surface area contributed by atoms with Crippen molar-refractivity contribution >= 4 is 23.4 Å². The van der Waals surface area contributed by atoms with Crippen molar-refractivity contribution in [1.82, 2.24) is 0 Å². The van der Waals surface area contributed by atoms with Crippen molar-refractivity contribution in [2.24, 2.45) is 5.92 Å². The summed E-state index contributed by atoms with van der Waals surface area (Å²) in [5.41, 5.74) is 0. The van der Waals surface area contributed by atoms with Gasteiger partial charge in [0.25, 0.3) is 0 Å². The summed E-state index contributed by atoms with van der Waals surface area (Å²) in [7, 11) is 0. The molecule has 2 unspecified atom stereocenters. The van der Waals surface area contributed by atoms with E-state index in [9.17, 15) is 0 Å². The molecule has 0 radical (unpaired) electrons. The minimum absolute atomic E-state index is 0.775. The normalized spacial score (nSPS) is 34.2. The second kappa shape index (κ2) is 4.50. The van der Waals surface area contributed by atoms with E-state index in [1.165, 1.54) is 25.7 Å². The molecular weight excluding hydrogens is 164 g/mol. The second-order valence-corrected chi connectivity index (χ2v) is 5.04. The number of thioether (sulfide) groups is 1. The van der Waals surface area contributed by atoms with E-state index in [-0.39, 0.29) is 0 Å². The standard InChI is InChI=1S/C8H15ClS/c1-7-3-2-4-8(5-7)10-6-9/h7-8H,2-6H2,1H3. The number of rotatable bonds is 2. The molecule has 1 saturated carbocycles. The van der Waals surface area contributed by atoms with Gasteiger partial charge in [0.05, 0.1) is 5.21 Å². The van der Waals surface area contributed by atoms with Gasteiger partial charge in [0.2, 0.25) is 0 Å². The zero-order chi connectivity index (χ0) is 7.40. The van der Waals surface area contributed by atoms with E-state index in [2.05, 4.69) is 6.92 Å². The maximum Gasteiger partial charge on any atom is 0.0683 e. The van der Waals surface area contributed by atoms with Crippen molar-refractivity contribution in [2.75, 3.05) is 5.21 Å². The Morgan fingerprint density at radius 1 is 1.50 bits per heavy atom. The minimum Gasteiger partial charge on any atom is -0.142 e. The zero-order valence-electron chi connectivity index (χ0n) is 6.48. The van der Waals surface area contributed by atoms with Gasteiger partial charge < -0.3 is 0 Å². The molecule has 0 aromatic rings. The Morgan fingerprint density at radius 2 is 2.30 bits per heavy atom. The van der Waals surface area contributed by atoms with Crippen LogP contribution in [0.4, 0.5) is 0 Å². The SMILES string of the molecule is CC1CCCC(SCCl)C1. The molecule has 0 N–H and O–H groups in total. The first-order valence-electron chi connectivity index (χ1n) is 4.00. The molecule has 0 bridgehead atoms. The van der Waals surface area contributed by atoms with Gasteiger partial charge in [0.1, 0.15) is 0 Å². The van der Waals surface area contributed by atoms with Crippen molar-refractivity contribution < 1.29 is 0 Å². The largest absolute Gasteiger partial charge is 0.142 e. The van der Waals surface area contributed by atoms with Crippen LogP contribution in [0.15, 0.2) is 0 Å². The highest BCUT2D eigenvalue weighted by Gasteiger charge is 2.18. The van der Waals surface area contributed by atoms with E-state index < -0.39 is 0 Å². The molecule has 2 heteroatoms. The second-order valence-electron chi connectivity index (χ2n) is 3.17. The highest BCUT2D eigenvalue weighted by atomic mass is 35.5. The Kier molecular flexibility index (Phi) is 3.93. The van der Waals surface area contributed by atoms with Crippen molar-refractivity contribution in [2.45, 2.75) is 37.9 Å². The van der Waals surface area contributed by atoms with Crippen LogP contribution in [0.5, 0.6) is 0 Å². The smallest absolute Gasteiger partial charge is 0.0683 e. The predicted molar refractivity (Wildman–Crippen MR) is 49.7 cm³/mol. The number of halogens is 1. The highest BCUT2D eigenvalue weighted by Crippen LogP contribution is 2.31. The zero-order valence-corrected chi connectivity index (χ0v) is 8.05. The Labute approximate surface area is 72.7 Å². The lowest BCUT2D eigenvalue weighted by Gasteiger charge is -2.25. The van der Waals surface area contributed by atoms with Crippen LogP contribution in [0.2, 0.25) is 0 Å². The lowest BCUT2D eigenvalue weighted by atomic mass is 9.91. The predicted octanol–water partition coefficient (Wildman–Crippen LogP) is 3.49. The Bertz CT molecular complexity index is 93.3. The highest BCUT2D eigenvalue weighted by molar-refractivity contribution is 8.00. The summed E-state index contributed by atoms with van der Waals surface area (Å²) in [6, 6.07) is 0. The summed E-state index contributed by atoms with van der Waals surface area (Å²) >= 11 is 7.57. The van der Waals surface area contributed by atoms with E-state index in [0.29, 0.717) is 0 Å². The summed E-state index contributed by atoms with van der Waals surface area (Å²) in [5, 5.41) is 1.64. The lowest BCUT2D eigenvalue weighted by molar-refractivity contribution is 0.394. The molecule has 1 fully saturated rings. The number of hydrogen-bond donors (Lipinski definition) is 0. The average Bonchev–Trinajstić information content (AvgIpc) is 1.88. The van der Waals surface area contributed by atoms with Crippen LogP contribution in [0, 0.1) is 5.92 Å². The van der Waals surface area contributed by atoms with E-state index in [1.807, 2.05) is 11.8 Å². The molecule has 0 aromatic heterocycles. The third-order valence-electron chi connectivity index (χ3n) is 2.19. The van der Waals surface area contributed by atoms with Gasteiger partial charge in [0, 0.05) is 5.25 Å². The van der Waals surface area contributed by atoms with Crippen molar-refractivity contribution in [1.29, 1.82) is 0 Å². The maximum atomic E-state index is 5.65. The van der Waals surface area contributed by atoms with Gasteiger partial charge in [0.15, 0.2) is 0 Å². The van der Waals surface area contributed by atoms with Crippen LogP contribution in [0.25, 0.3) is 0 Å². The van der Waals surface area contributed by atoms with Gasteiger partial charge in [-0.1, -0.05) is 19.8 Å². The van der Waals surface area contributed by atoms with Crippen LogP contribution < -0.4 is 0 Å². The van der Waals surface area contributed by atoms with Gasteiger partial charge in [-0.25, -0.2) is 0 Å². The van der Waals surface area contributed by atoms with E-state index in [0.717, 1.165) is 16.4 Å². The van der Waals surface area contributed by atoms with Crippen LogP contribution in [0.3, 0.4) is 0 Å². The van der Waals surface area contributed by atoms with Gasteiger partial charge in [-0.15, -0.1) is 23.4 Å². The van der Waals surface area contributed by atoms with Crippen LogP contribution in [0.1, 0.15) is 32.6 Å². The molecule has 1 aliphatic carbocycles. The summed E-state index contributed by atoms with van der Waals surface area (Å²) in [6.45, 7) is 2.35. The molecule has 60 valence electrons. The van der Waals surface area contributed by atoms with Crippen molar-refractivity contribution in [3.63, 3.8) is 0 Å². The quantitative estimate of drug-likeness (QED) is 0.584. The minimum atomic E-state index is 0.775. The fourth-order valence-electron chi connectivity index (χ4n) is 1.62. The van der Waals surface area contributed by atoms with E-state index in [1.54, 1.807) is 0 Å². The van der Waals surface area contributed by atoms with Gasteiger partial charge in [-0.3, -0.25) is 0 Å². The fraction of sp³-hybridized carbons (Fsp3) is 1.00. The van der Waals surface area contributed by atoms with Crippen molar-refractivity contribution in [3.05, 3.63) is 0 Å². The monoisotopic (exact) mass is 178 g/mol. The summed E-state index contributed by atoms with van der Waals surface area (Å²) in [4.78, 5) is 0. The molecule has 1 rings (SSSR count). The molecule has 1 aliphatic rings. The fourth-order valence-corrected chi connectivity index (χ4v) is 3.13. The molecule has 0 nitrogen and oxygen atoms in total. The summed E-state index contributed by atoms with van der Waals surface area (Å²) in [6.07, 6.45) is 5.62. The maximum absolute atomic E-state index is 5.65. The molecule has 0 spiro atoms. The Morgan fingerprint density at radius 3 is 2.90 bits per heavy atom. The summed E-state index contributed by atoms with van der Waals surface area (Å²) < 4.78 is 0. The van der Waals surface area contributed by atoms with E-state index in [4.69, 9.17) is 11.6 Å². The van der Waals surface area contributed by atoms with Gasteiger partial charge in [-0.2, -0.15) is 0 Å². The Hall–Kier alpha value is 0.640. The van der Waals surface area contributed by atoms with Crippen LogP contribution in [-0.4, -0.2) is 10.5 Å². The number of hydrogen-bond acceptors (Lipinski definition) is 1. The molecule has 0 aliphatic heterocycles. The Balaban J connectivity index is 2.18. The molecule has 2 atom stereocenters. The molecular formula is C8H15ClS. The molecule has 0 saturated heterocycles. The first kappa shape index (κ1) is 8.73. The molecule has 10 heavy (non-hydrogen) atoms. The molecule has 0 heterocycles. The summed E-state index contributed by atoms with van der Waals surface area (Å²) in [5.74, 6) is 0.939. The van der Waals surface area contributed by atoms with Crippen LogP contribution >= 0.6 is 23.4 Å². The average molecular weight is 179 g/mol. The van der Waals surface area contributed by atoms with Gasteiger partial charge >= 0.3 is 0 Å². The topological polar surface area (TPSA) is 0 Å². The van der Waals surface area contributed by atoms with Crippen molar-refractivity contribution in [3.8, 4) is 0 Å². The van der Waals surface area contributed by atoms with Gasteiger partial charge in [-0.05, 0) is 18.8 Å². The first-order valence-corrected chi connectivity index (χ1v) is 5.59. The third-order valence-corrected chi connectivity index (χ3v) is 3.59. The van der Waals surface area contributed by atoms with E-state index >= 15 is 0 Å². The molecule has 0 aromatic carbocycles. The van der Waals surface area contributed by atoms with Crippen LogP contribution in [-0.2, 0) is 0 Å². The lowest BCUT2D eigenvalue weighted by Crippen LogP contribution is -2.14. The molecule has 0 amide bonds. The first-order chi connectivity index (χ1) is 4.83.